The molecule has 0 unspecified atom stereocenters. The van der Waals surface area contributed by atoms with Gasteiger partial charge in [-0.25, -0.2) is 9.37 Å². The van der Waals surface area contributed by atoms with Crippen molar-refractivity contribution >= 4 is 0 Å². The SMILES string of the molecule is CC.Fc1cccnc1OC1CC1. The van der Waals surface area contributed by atoms with Crippen molar-refractivity contribution in [3.05, 3.63) is 24.1 Å². The smallest absolute Gasteiger partial charge is 0.250 e. The molecule has 1 aromatic rings. The van der Waals surface area contributed by atoms with Crippen LogP contribution in [0.4, 0.5) is 4.39 Å². The van der Waals surface area contributed by atoms with E-state index in [0.29, 0.717) is 0 Å². The summed E-state index contributed by atoms with van der Waals surface area (Å²) in [5.41, 5.74) is 0. The van der Waals surface area contributed by atoms with Gasteiger partial charge in [-0.05, 0) is 25.0 Å². The summed E-state index contributed by atoms with van der Waals surface area (Å²) >= 11 is 0. The molecule has 1 fully saturated rings. The van der Waals surface area contributed by atoms with Crippen molar-refractivity contribution in [2.24, 2.45) is 0 Å². The van der Waals surface area contributed by atoms with Gasteiger partial charge in [-0.1, -0.05) is 13.8 Å². The van der Waals surface area contributed by atoms with Crippen molar-refractivity contribution in [2.75, 3.05) is 0 Å². The van der Waals surface area contributed by atoms with Crippen LogP contribution in [-0.4, -0.2) is 11.1 Å². The minimum absolute atomic E-state index is 0.134. The van der Waals surface area contributed by atoms with Gasteiger partial charge in [0.1, 0.15) is 6.10 Å². The Hall–Kier alpha value is -1.12. The van der Waals surface area contributed by atoms with E-state index in [1.165, 1.54) is 12.3 Å². The van der Waals surface area contributed by atoms with Gasteiger partial charge < -0.3 is 4.74 Å². The summed E-state index contributed by atoms with van der Waals surface area (Å²) in [5, 5.41) is 0. The maximum absolute atomic E-state index is 12.8. The van der Waals surface area contributed by atoms with Crippen molar-refractivity contribution in [3.63, 3.8) is 0 Å². The Morgan fingerprint density at radius 1 is 1.46 bits per heavy atom. The first-order valence-corrected chi connectivity index (χ1v) is 4.63. The van der Waals surface area contributed by atoms with Crippen LogP contribution in [0.15, 0.2) is 18.3 Å². The van der Waals surface area contributed by atoms with E-state index >= 15 is 0 Å². The van der Waals surface area contributed by atoms with Gasteiger partial charge >= 0.3 is 0 Å². The molecule has 0 amide bonds. The Labute approximate surface area is 77.8 Å². The van der Waals surface area contributed by atoms with Gasteiger partial charge in [-0.3, -0.25) is 0 Å². The second-order valence-electron chi connectivity index (χ2n) is 2.61. The molecule has 0 bridgehead atoms. The van der Waals surface area contributed by atoms with Gasteiger partial charge in [0.05, 0.1) is 0 Å². The Balaban J connectivity index is 0.000000396. The first-order chi connectivity index (χ1) is 6.36. The first kappa shape index (κ1) is 9.96. The fourth-order valence-corrected chi connectivity index (χ4v) is 0.802. The zero-order valence-electron chi connectivity index (χ0n) is 7.96. The Bertz CT molecular complexity index is 261. The van der Waals surface area contributed by atoms with Crippen LogP contribution in [0, 0.1) is 5.82 Å². The largest absolute Gasteiger partial charge is 0.472 e. The third-order valence-electron chi connectivity index (χ3n) is 1.53. The average molecular weight is 183 g/mol. The number of hydrogen-bond donors (Lipinski definition) is 0. The Kier molecular flexibility index (Phi) is 3.68. The summed E-state index contributed by atoms with van der Waals surface area (Å²) in [6.45, 7) is 4.00. The number of rotatable bonds is 2. The van der Waals surface area contributed by atoms with Gasteiger partial charge in [0.15, 0.2) is 5.82 Å². The van der Waals surface area contributed by atoms with Crippen molar-refractivity contribution in [1.82, 2.24) is 4.98 Å². The molecule has 0 N–H and O–H groups in total. The summed E-state index contributed by atoms with van der Waals surface area (Å²) in [7, 11) is 0. The maximum Gasteiger partial charge on any atom is 0.250 e. The molecule has 13 heavy (non-hydrogen) atoms. The van der Waals surface area contributed by atoms with Crippen molar-refractivity contribution in [2.45, 2.75) is 32.8 Å². The number of pyridine rings is 1. The van der Waals surface area contributed by atoms with Crippen LogP contribution in [-0.2, 0) is 0 Å². The fourth-order valence-electron chi connectivity index (χ4n) is 0.802. The van der Waals surface area contributed by atoms with Gasteiger partial charge in [-0.15, -0.1) is 0 Å². The molecule has 2 nitrogen and oxygen atoms in total. The van der Waals surface area contributed by atoms with Crippen molar-refractivity contribution < 1.29 is 9.13 Å². The molecule has 0 aliphatic heterocycles. The highest BCUT2D eigenvalue weighted by Gasteiger charge is 2.25. The third-order valence-corrected chi connectivity index (χ3v) is 1.53. The summed E-state index contributed by atoms with van der Waals surface area (Å²) in [5.74, 6) is -0.241. The van der Waals surface area contributed by atoms with E-state index in [9.17, 15) is 4.39 Å². The second-order valence-corrected chi connectivity index (χ2v) is 2.61. The normalized spacial score (nSPS) is 14.4. The lowest BCUT2D eigenvalue weighted by atomic mass is 10.5. The topological polar surface area (TPSA) is 22.1 Å². The minimum atomic E-state index is -0.376. The molecule has 72 valence electrons. The number of hydrogen-bond acceptors (Lipinski definition) is 2. The highest BCUT2D eigenvalue weighted by molar-refractivity contribution is 5.13. The summed E-state index contributed by atoms with van der Waals surface area (Å²) in [6, 6.07) is 2.90. The van der Waals surface area contributed by atoms with E-state index in [4.69, 9.17) is 4.74 Å². The first-order valence-electron chi connectivity index (χ1n) is 4.63. The van der Waals surface area contributed by atoms with E-state index in [2.05, 4.69) is 4.98 Å². The van der Waals surface area contributed by atoms with E-state index in [-0.39, 0.29) is 17.8 Å². The highest BCUT2D eigenvalue weighted by Crippen LogP contribution is 2.26. The molecule has 0 radical (unpaired) electrons. The molecule has 2 rings (SSSR count). The molecule has 1 aliphatic rings. The third kappa shape index (κ3) is 3.01. The Morgan fingerprint density at radius 3 is 2.69 bits per heavy atom. The zero-order chi connectivity index (χ0) is 9.68. The van der Waals surface area contributed by atoms with Crippen LogP contribution in [0.2, 0.25) is 0 Å². The molecule has 0 saturated heterocycles. The zero-order valence-corrected chi connectivity index (χ0v) is 7.96. The van der Waals surface area contributed by atoms with Crippen LogP contribution >= 0.6 is 0 Å². The lowest BCUT2D eigenvalue weighted by Crippen LogP contribution is -1.99. The molecule has 1 aromatic heterocycles. The minimum Gasteiger partial charge on any atom is -0.472 e. The Morgan fingerprint density at radius 2 is 2.15 bits per heavy atom. The molecule has 0 atom stereocenters. The molecule has 1 heterocycles. The van der Waals surface area contributed by atoms with Crippen molar-refractivity contribution in [1.29, 1.82) is 0 Å². The maximum atomic E-state index is 12.8. The van der Waals surface area contributed by atoms with E-state index in [1.54, 1.807) is 6.07 Å². The van der Waals surface area contributed by atoms with Crippen LogP contribution in [0.1, 0.15) is 26.7 Å². The standard InChI is InChI=1S/C8H8FNO.C2H6/c9-7-2-1-5-10-8(7)11-6-3-4-6;1-2/h1-2,5-6H,3-4H2;1-2H3. The molecular weight excluding hydrogens is 169 g/mol. The van der Waals surface area contributed by atoms with Gasteiger partial charge in [0, 0.05) is 6.20 Å². The summed E-state index contributed by atoms with van der Waals surface area (Å²) in [6.07, 6.45) is 3.78. The molecule has 1 saturated carbocycles. The monoisotopic (exact) mass is 183 g/mol. The number of aromatic nitrogens is 1. The summed E-state index contributed by atoms with van der Waals surface area (Å²) in [4.78, 5) is 3.76. The molecule has 0 spiro atoms. The van der Waals surface area contributed by atoms with E-state index in [0.717, 1.165) is 12.8 Å². The molecule has 0 aromatic carbocycles. The number of ether oxygens (including phenoxy) is 1. The second kappa shape index (κ2) is 4.80. The molecular formula is C10H14FNO. The highest BCUT2D eigenvalue weighted by atomic mass is 19.1. The van der Waals surface area contributed by atoms with Gasteiger partial charge in [0.25, 0.3) is 5.88 Å². The fraction of sp³-hybridized carbons (Fsp3) is 0.500. The summed E-state index contributed by atoms with van der Waals surface area (Å²) < 4.78 is 18.0. The van der Waals surface area contributed by atoms with Gasteiger partial charge in [0.2, 0.25) is 0 Å². The van der Waals surface area contributed by atoms with Crippen LogP contribution in [0.25, 0.3) is 0 Å². The lowest BCUT2D eigenvalue weighted by Gasteiger charge is -2.01. The predicted octanol–water partition coefficient (Wildman–Crippen LogP) is 2.79. The van der Waals surface area contributed by atoms with Crippen LogP contribution < -0.4 is 4.74 Å². The average Bonchev–Trinajstić information content (AvgIpc) is 2.96. The van der Waals surface area contributed by atoms with Crippen molar-refractivity contribution in [3.8, 4) is 5.88 Å². The predicted molar refractivity (Wildman–Crippen MR) is 49.2 cm³/mol. The lowest BCUT2D eigenvalue weighted by molar-refractivity contribution is 0.274. The molecule has 1 aliphatic carbocycles. The molecule has 3 heteroatoms. The van der Waals surface area contributed by atoms with E-state index < -0.39 is 0 Å². The number of nitrogens with zero attached hydrogens (tertiary/aromatic N) is 1. The van der Waals surface area contributed by atoms with Crippen LogP contribution in [0.5, 0.6) is 5.88 Å². The van der Waals surface area contributed by atoms with Gasteiger partial charge in [-0.2, -0.15) is 0 Å². The number of halogens is 1. The van der Waals surface area contributed by atoms with Crippen LogP contribution in [0.3, 0.4) is 0 Å². The van der Waals surface area contributed by atoms with E-state index in [1.807, 2.05) is 13.8 Å². The quantitative estimate of drug-likeness (QED) is 0.703.